The standard InChI is InChI=1S/C16H16N2O4S/c1-10(19)12-9-23-16(17-12)18-15(20)7-5-11-4-6-13(21-2)14(8-11)22-3/h4-9H,1-3H3,(H,17,18,20)/b7-5+. The number of aromatic nitrogens is 1. The van der Waals surface area contributed by atoms with Crippen LogP contribution in [-0.4, -0.2) is 30.9 Å². The number of ether oxygens (including phenoxy) is 2. The van der Waals surface area contributed by atoms with Crippen LogP contribution in [0.3, 0.4) is 0 Å². The van der Waals surface area contributed by atoms with Gasteiger partial charge >= 0.3 is 0 Å². The van der Waals surface area contributed by atoms with Gasteiger partial charge in [0.1, 0.15) is 5.69 Å². The van der Waals surface area contributed by atoms with Gasteiger partial charge in [-0.25, -0.2) is 4.98 Å². The number of nitrogens with zero attached hydrogens (tertiary/aromatic N) is 1. The van der Waals surface area contributed by atoms with Crippen molar-refractivity contribution in [2.24, 2.45) is 0 Å². The number of rotatable bonds is 6. The van der Waals surface area contributed by atoms with Crippen molar-refractivity contribution >= 4 is 34.2 Å². The van der Waals surface area contributed by atoms with Crippen molar-refractivity contribution in [3.8, 4) is 11.5 Å². The Morgan fingerprint density at radius 3 is 2.57 bits per heavy atom. The zero-order valence-electron chi connectivity index (χ0n) is 13.0. The van der Waals surface area contributed by atoms with Crippen molar-refractivity contribution < 1.29 is 19.1 Å². The molecule has 0 aliphatic heterocycles. The van der Waals surface area contributed by atoms with Crippen LogP contribution < -0.4 is 14.8 Å². The highest BCUT2D eigenvalue weighted by atomic mass is 32.1. The van der Waals surface area contributed by atoms with Crippen molar-refractivity contribution in [2.45, 2.75) is 6.92 Å². The number of carbonyl (C=O) groups excluding carboxylic acids is 2. The van der Waals surface area contributed by atoms with Crippen molar-refractivity contribution in [3.05, 3.63) is 40.9 Å². The Hall–Kier alpha value is -2.67. The maximum Gasteiger partial charge on any atom is 0.250 e. The van der Waals surface area contributed by atoms with Gasteiger partial charge in [0.2, 0.25) is 5.91 Å². The molecule has 0 spiro atoms. The van der Waals surface area contributed by atoms with Gasteiger partial charge in [0, 0.05) is 18.4 Å². The van der Waals surface area contributed by atoms with Crippen LogP contribution in [0, 0.1) is 0 Å². The van der Waals surface area contributed by atoms with Crippen molar-refractivity contribution in [3.63, 3.8) is 0 Å². The van der Waals surface area contributed by atoms with Crippen LogP contribution in [0.25, 0.3) is 6.08 Å². The molecule has 0 saturated carbocycles. The average molecular weight is 332 g/mol. The van der Waals surface area contributed by atoms with Crippen LogP contribution in [0.4, 0.5) is 5.13 Å². The van der Waals surface area contributed by atoms with Gasteiger partial charge in [-0.2, -0.15) is 0 Å². The molecule has 6 nitrogen and oxygen atoms in total. The Labute approximate surface area is 137 Å². The molecule has 0 aliphatic carbocycles. The molecule has 7 heteroatoms. The molecule has 0 unspecified atom stereocenters. The number of hydrogen-bond donors (Lipinski definition) is 1. The highest BCUT2D eigenvalue weighted by Crippen LogP contribution is 2.28. The molecule has 0 bridgehead atoms. The maximum atomic E-state index is 11.9. The Bertz CT molecular complexity index is 752. The predicted octanol–water partition coefficient (Wildman–Crippen LogP) is 3.01. The van der Waals surface area contributed by atoms with Crippen LogP contribution in [-0.2, 0) is 4.79 Å². The Morgan fingerprint density at radius 1 is 1.22 bits per heavy atom. The highest BCUT2D eigenvalue weighted by molar-refractivity contribution is 7.14. The number of ketones is 1. The number of benzene rings is 1. The molecule has 0 radical (unpaired) electrons. The van der Waals surface area contributed by atoms with Crippen molar-refractivity contribution in [1.82, 2.24) is 4.98 Å². The number of amides is 1. The van der Waals surface area contributed by atoms with E-state index in [2.05, 4.69) is 10.3 Å². The Morgan fingerprint density at radius 2 is 1.96 bits per heavy atom. The summed E-state index contributed by atoms with van der Waals surface area (Å²) in [5.41, 5.74) is 1.13. The van der Waals surface area contributed by atoms with Gasteiger partial charge in [0.05, 0.1) is 14.2 Å². The Kier molecular flexibility index (Phi) is 5.48. The minimum absolute atomic E-state index is 0.136. The lowest BCUT2D eigenvalue weighted by Gasteiger charge is -2.07. The van der Waals surface area contributed by atoms with E-state index in [9.17, 15) is 9.59 Å². The Balaban J connectivity index is 2.04. The zero-order chi connectivity index (χ0) is 16.8. The van der Waals surface area contributed by atoms with Crippen molar-refractivity contribution in [2.75, 3.05) is 19.5 Å². The molecule has 1 aromatic heterocycles. The summed E-state index contributed by atoms with van der Waals surface area (Å²) in [5.74, 6) is 0.738. The van der Waals surface area contributed by atoms with Gasteiger partial charge in [-0.15, -0.1) is 11.3 Å². The largest absolute Gasteiger partial charge is 0.493 e. The van der Waals surface area contributed by atoms with Crippen LogP contribution >= 0.6 is 11.3 Å². The van der Waals surface area contributed by atoms with E-state index in [1.165, 1.54) is 24.3 Å². The minimum Gasteiger partial charge on any atom is -0.493 e. The number of nitrogens with one attached hydrogen (secondary N) is 1. The molecule has 1 aromatic carbocycles. The van der Waals surface area contributed by atoms with Gasteiger partial charge in [-0.3, -0.25) is 14.9 Å². The summed E-state index contributed by atoms with van der Waals surface area (Å²) in [5, 5.41) is 4.61. The lowest BCUT2D eigenvalue weighted by molar-refractivity contribution is -0.111. The summed E-state index contributed by atoms with van der Waals surface area (Å²) in [6.45, 7) is 1.43. The monoisotopic (exact) mass is 332 g/mol. The van der Waals surface area contributed by atoms with E-state index in [0.717, 1.165) is 5.56 Å². The fourth-order valence-corrected chi connectivity index (χ4v) is 2.52. The number of Topliss-reactive ketones (excluding diaryl/α,β-unsaturated/α-hetero) is 1. The summed E-state index contributed by atoms with van der Waals surface area (Å²) in [4.78, 5) is 27.1. The van der Waals surface area contributed by atoms with E-state index < -0.39 is 0 Å². The summed E-state index contributed by atoms with van der Waals surface area (Å²) in [6, 6.07) is 5.33. The fraction of sp³-hybridized carbons (Fsp3) is 0.188. The van der Waals surface area contributed by atoms with E-state index in [1.807, 2.05) is 6.07 Å². The van der Waals surface area contributed by atoms with Gasteiger partial charge < -0.3 is 9.47 Å². The molecule has 1 heterocycles. The van der Waals surface area contributed by atoms with Crippen LogP contribution in [0.15, 0.2) is 29.7 Å². The summed E-state index contributed by atoms with van der Waals surface area (Å²) in [6.07, 6.45) is 3.03. The first-order chi connectivity index (χ1) is 11.0. The number of carbonyl (C=O) groups is 2. The van der Waals surface area contributed by atoms with Gasteiger partial charge in [0.25, 0.3) is 0 Å². The molecule has 1 N–H and O–H groups in total. The van der Waals surface area contributed by atoms with E-state index in [4.69, 9.17) is 9.47 Å². The number of thiazole rings is 1. The summed E-state index contributed by atoms with van der Waals surface area (Å²) in [7, 11) is 3.11. The van der Waals surface area contributed by atoms with Gasteiger partial charge in [-0.05, 0) is 23.8 Å². The van der Waals surface area contributed by atoms with E-state index in [1.54, 1.807) is 37.8 Å². The first-order valence-electron chi connectivity index (χ1n) is 6.71. The molecule has 0 saturated heterocycles. The lowest BCUT2D eigenvalue weighted by Crippen LogP contribution is -2.07. The molecule has 0 atom stereocenters. The smallest absolute Gasteiger partial charge is 0.250 e. The molecule has 0 fully saturated rings. The highest BCUT2D eigenvalue weighted by Gasteiger charge is 2.07. The predicted molar refractivity (Wildman–Crippen MR) is 89.3 cm³/mol. The second kappa shape index (κ2) is 7.55. The normalized spacial score (nSPS) is 10.6. The third-order valence-corrected chi connectivity index (χ3v) is 3.69. The molecule has 23 heavy (non-hydrogen) atoms. The quantitative estimate of drug-likeness (QED) is 0.650. The fourth-order valence-electron chi connectivity index (χ4n) is 1.77. The third-order valence-electron chi connectivity index (χ3n) is 2.93. The minimum atomic E-state index is -0.329. The second-order valence-corrected chi connectivity index (χ2v) is 5.39. The van der Waals surface area contributed by atoms with E-state index in [0.29, 0.717) is 22.3 Å². The molecule has 2 aromatic rings. The number of methoxy groups -OCH3 is 2. The van der Waals surface area contributed by atoms with E-state index >= 15 is 0 Å². The molecular formula is C16H16N2O4S. The number of anilines is 1. The first-order valence-corrected chi connectivity index (χ1v) is 7.59. The topological polar surface area (TPSA) is 77.5 Å². The second-order valence-electron chi connectivity index (χ2n) is 4.53. The zero-order valence-corrected chi connectivity index (χ0v) is 13.8. The molecule has 120 valence electrons. The van der Waals surface area contributed by atoms with E-state index in [-0.39, 0.29) is 11.7 Å². The molecule has 2 rings (SSSR count). The van der Waals surface area contributed by atoms with Crippen LogP contribution in [0.2, 0.25) is 0 Å². The number of hydrogen-bond acceptors (Lipinski definition) is 6. The summed E-state index contributed by atoms with van der Waals surface area (Å²) < 4.78 is 10.4. The molecule has 1 amide bonds. The lowest BCUT2D eigenvalue weighted by atomic mass is 10.2. The van der Waals surface area contributed by atoms with Crippen molar-refractivity contribution in [1.29, 1.82) is 0 Å². The average Bonchev–Trinajstić information content (AvgIpc) is 3.01. The third kappa shape index (κ3) is 4.40. The molecular weight excluding hydrogens is 316 g/mol. The van der Waals surface area contributed by atoms with Crippen LogP contribution in [0.1, 0.15) is 23.0 Å². The maximum absolute atomic E-state index is 11.9. The molecule has 0 aliphatic rings. The van der Waals surface area contributed by atoms with Gasteiger partial charge in [0.15, 0.2) is 22.4 Å². The first kappa shape index (κ1) is 16.7. The van der Waals surface area contributed by atoms with Crippen LogP contribution in [0.5, 0.6) is 11.5 Å². The van der Waals surface area contributed by atoms with Gasteiger partial charge in [-0.1, -0.05) is 6.07 Å². The summed E-state index contributed by atoms with van der Waals surface area (Å²) >= 11 is 1.20. The SMILES string of the molecule is COc1ccc(/C=C/C(=O)Nc2nc(C(C)=O)cs2)cc1OC.